The van der Waals surface area contributed by atoms with Gasteiger partial charge in [0.15, 0.2) is 0 Å². The third-order valence-corrected chi connectivity index (χ3v) is 3.91. The highest BCUT2D eigenvalue weighted by molar-refractivity contribution is 6.30. The molecule has 1 N–H and O–H groups in total. The number of amides is 1. The summed E-state index contributed by atoms with van der Waals surface area (Å²) in [6.07, 6.45) is 0.0951. The molecule has 1 aromatic carbocycles. The number of morpholine rings is 1. The minimum atomic E-state index is -0.0466. The number of nitrogens with zero attached hydrogens (tertiary/aromatic N) is 2. The molecule has 0 aliphatic carbocycles. The van der Waals surface area contributed by atoms with Gasteiger partial charge in [-0.05, 0) is 32.0 Å². The molecule has 2 atom stereocenters. The van der Waals surface area contributed by atoms with Gasteiger partial charge in [0.1, 0.15) is 5.69 Å². The van der Waals surface area contributed by atoms with E-state index < -0.39 is 0 Å². The molecule has 0 saturated carbocycles. The molecule has 2 aromatic rings. The van der Waals surface area contributed by atoms with Gasteiger partial charge >= 0.3 is 0 Å². The Bertz CT molecular complexity index is 658. The van der Waals surface area contributed by atoms with Gasteiger partial charge in [-0.1, -0.05) is 23.7 Å². The molecule has 1 aliphatic rings. The molecule has 1 aromatic heterocycles. The number of aromatic nitrogens is 2. The van der Waals surface area contributed by atoms with E-state index >= 15 is 0 Å². The lowest BCUT2D eigenvalue weighted by atomic mass is 10.1. The first-order chi connectivity index (χ1) is 10.5. The van der Waals surface area contributed by atoms with Gasteiger partial charge in [-0.15, -0.1) is 0 Å². The van der Waals surface area contributed by atoms with E-state index in [0.29, 0.717) is 23.8 Å². The summed E-state index contributed by atoms with van der Waals surface area (Å²) in [5.74, 6) is -0.0466. The van der Waals surface area contributed by atoms with E-state index in [1.165, 1.54) is 0 Å². The van der Waals surface area contributed by atoms with Crippen molar-refractivity contribution in [3.8, 4) is 11.3 Å². The second kappa shape index (κ2) is 6.10. The van der Waals surface area contributed by atoms with Crippen LogP contribution < -0.4 is 0 Å². The van der Waals surface area contributed by atoms with Crippen LogP contribution in [-0.4, -0.2) is 46.3 Å². The van der Waals surface area contributed by atoms with Crippen molar-refractivity contribution in [3.05, 3.63) is 41.0 Å². The Balaban J connectivity index is 1.78. The van der Waals surface area contributed by atoms with Crippen molar-refractivity contribution >= 4 is 17.5 Å². The number of nitrogens with one attached hydrogen (secondary N) is 1. The van der Waals surface area contributed by atoms with Gasteiger partial charge in [0.25, 0.3) is 5.91 Å². The molecule has 0 radical (unpaired) electrons. The predicted octanol–water partition coefficient (Wildman–Crippen LogP) is 2.98. The van der Waals surface area contributed by atoms with Crippen LogP contribution >= 0.6 is 11.6 Å². The lowest BCUT2D eigenvalue weighted by Crippen LogP contribution is -2.48. The maximum atomic E-state index is 12.6. The smallest absolute Gasteiger partial charge is 0.272 e. The fourth-order valence-corrected chi connectivity index (χ4v) is 2.84. The number of rotatable bonds is 2. The molecule has 0 spiro atoms. The van der Waals surface area contributed by atoms with Crippen molar-refractivity contribution in [1.29, 1.82) is 0 Å². The molecular weight excluding hydrogens is 302 g/mol. The van der Waals surface area contributed by atoms with Gasteiger partial charge in [0, 0.05) is 23.7 Å². The summed E-state index contributed by atoms with van der Waals surface area (Å²) in [5, 5.41) is 7.73. The van der Waals surface area contributed by atoms with Crippen LogP contribution in [0.4, 0.5) is 0 Å². The number of carbonyl (C=O) groups excluding carboxylic acids is 1. The fraction of sp³-hybridized carbons (Fsp3) is 0.375. The van der Waals surface area contributed by atoms with Crippen LogP contribution in [0.5, 0.6) is 0 Å². The highest BCUT2D eigenvalue weighted by atomic mass is 35.5. The number of ether oxygens (including phenoxy) is 1. The Kier molecular flexibility index (Phi) is 4.18. The van der Waals surface area contributed by atoms with Crippen LogP contribution in [0, 0.1) is 0 Å². The monoisotopic (exact) mass is 319 g/mol. The van der Waals surface area contributed by atoms with Crippen LogP contribution in [0.2, 0.25) is 5.02 Å². The summed E-state index contributed by atoms with van der Waals surface area (Å²) in [4.78, 5) is 14.4. The average Bonchev–Trinajstić information content (AvgIpc) is 2.96. The Labute approximate surface area is 134 Å². The van der Waals surface area contributed by atoms with E-state index in [-0.39, 0.29) is 18.1 Å². The van der Waals surface area contributed by atoms with Crippen LogP contribution in [0.25, 0.3) is 11.3 Å². The maximum absolute atomic E-state index is 12.6. The highest BCUT2D eigenvalue weighted by Crippen LogP contribution is 2.21. The van der Waals surface area contributed by atoms with E-state index in [0.717, 1.165) is 11.3 Å². The molecule has 2 heterocycles. The number of hydrogen-bond donors (Lipinski definition) is 1. The Morgan fingerprint density at radius 1 is 1.27 bits per heavy atom. The zero-order chi connectivity index (χ0) is 15.7. The second-order valence-electron chi connectivity index (χ2n) is 5.64. The number of H-pyrrole nitrogens is 1. The van der Waals surface area contributed by atoms with E-state index in [9.17, 15) is 4.79 Å². The zero-order valence-electron chi connectivity index (χ0n) is 12.5. The SMILES string of the molecule is CC1CN(C(=O)c2cc(-c3ccc(Cl)cc3)n[nH]2)CC(C)O1. The minimum Gasteiger partial charge on any atom is -0.372 e. The van der Waals surface area contributed by atoms with Crippen molar-refractivity contribution in [2.45, 2.75) is 26.1 Å². The van der Waals surface area contributed by atoms with Gasteiger partial charge in [-0.2, -0.15) is 5.10 Å². The molecule has 1 fully saturated rings. The number of carbonyl (C=O) groups is 1. The van der Waals surface area contributed by atoms with E-state index in [4.69, 9.17) is 16.3 Å². The molecule has 1 saturated heterocycles. The van der Waals surface area contributed by atoms with E-state index in [1.807, 2.05) is 26.0 Å². The molecule has 3 rings (SSSR count). The molecule has 116 valence electrons. The Morgan fingerprint density at radius 2 is 1.91 bits per heavy atom. The normalized spacial score (nSPS) is 21.9. The van der Waals surface area contributed by atoms with Crippen LogP contribution in [0.15, 0.2) is 30.3 Å². The lowest BCUT2D eigenvalue weighted by molar-refractivity contribution is -0.0587. The largest absolute Gasteiger partial charge is 0.372 e. The van der Waals surface area contributed by atoms with Crippen molar-refractivity contribution in [3.63, 3.8) is 0 Å². The molecule has 6 heteroatoms. The van der Waals surface area contributed by atoms with Crippen molar-refractivity contribution < 1.29 is 9.53 Å². The minimum absolute atomic E-state index is 0.0466. The van der Waals surface area contributed by atoms with Crippen molar-refractivity contribution in [1.82, 2.24) is 15.1 Å². The molecule has 1 amide bonds. The lowest BCUT2D eigenvalue weighted by Gasteiger charge is -2.34. The first kappa shape index (κ1) is 15.1. The molecule has 2 unspecified atom stereocenters. The van der Waals surface area contributed by atoms with Crippen LogP contribution in [0.3, 0.4) is 0 Å². The average molecular weight is 320 g/mol. The van der Waals surface area contributed by atoms with E-state index in [2.05, 4.69) is 10.2 Å². The number of benzene rings is 1. The van der Waals surface area contributed by atoms with Gasteiger partial charge in [-0.3, -0.25) is 9.89 Å². The summed E-state index contributed by atoms with van der Waals surface area (Å²) in [7, 11) is 0. The molecule has 22 heavy (non-hydrogen) atoms. The Morgan fingerprint density at radius 3 is 2.55 bits per heavy atom. The summed E-state index contributed by atoms with van der Waals surface area (Å²) in [6.45, 7) is 5.14. The number of hydrogen-bond acceptors (Lipinski definition) is 3. The van der Waals surface area contributed by atoms with Crippen LogP contribution in [-0.2, 0) is 4.74 Å². The molecule has 0 bridgehead atoms. The maximum Gasteiger partial charge on any atom is 0.272 e. The third-order valence-electron chi connectivity index (χ3n) is 3.66. The molecular formula is C16H18ClN3O2. The zero-order valence-corrected chi connectivity index (χ0v) is 13.3. The standard InChI is InChI=1S/C16H18ClN3O2/c1-10-8-20(9-11(2)22-10)16(21)15-7-14(18-19-15)12-3-5-13(17)6-4-12/h3-7,10-11H,8-9H2,1-2H3,(H,18,19). The van der Waals surface area contributed by atoms with E-state index in [1.54, 1.807) is 23.1 Å². The topological polar surface area (TPSA) is 58.2 Å². The van der Waals surface area contributed by atoms with Crippen molar-refractivity contribution in [2.75, 3.05) is 13.1 Å². The number of aromatic amines is 1. The quantitative estimate of drug-likeness (QED) is 0.925. The summed E-state index contributed by atoms with van der Waals surface area (Å²) < 4.78 is 5.66. The summed E-state index contributed by atoms with van der Waals surface area (Å²) >= 11 is 5.88. The van der Waals surface area contributed by atoms with Gasteiger partial charge < -0.3 is 9.64 Å². The first-order valence-corrected chi connectivity index (χ1v) is 7.67. The van der Waals surface area contributed by atoms with Crippen molar-refractivity contribution in [2.24, 2.45) is 0 Å². The van der Waals surface area contributed by atoms with Crippen LogP contribution in [0.1, 0.15) is 24.3 Å². The highest BCUT2D eigenvalue weighted by Gasteiger charge is 2.27. The number of halogens is 1. The summed E-state index contributed by atoms with van der Waals surface area (Å²) in [5.41, 5.74) is 2.14. The predicted molar refractivity (Wildman–Crippen MR) is 84.9 cm³/mol. The molecule has 5 nitrogen and oxygen atoms in total. The third kappa shape index (κ3) is 3.15. The first-order valence-electron chi connectivity index (χ1n) is 7.29. The fourth-order valence-electron chi connectivity index (χ4n) is 2.71. The summed E-state index contributed by atoms with van der Waals surface area (Å²) in [6, 6.07) is 9.14. The van der Waals surface area contributed by atoms with Gasteiger partial charge in [0.2, 0.25) is 0 Å². The molecule has 1 aliphatic heterocycles. The van der Waals surface area contributed by atoms with Gasteiger partial charge in [0.05, 0.1) is 17.9 Å². The van der Waals surface area contributed by atoms with Gasteiger partial charge in [-0.25, -0.2) is 0 Å². The second-order valence-corrected chi connectivity index (χ2v) is 6.08. The Hall–Kier alpha value is -1.85.